The summed E-state index contributed by atoms with van der Waals surface area (Å²) in [6.07, 6.45) is -6.99. The SMILES string of the molecule is CCN(CC)CC.O=c1ccn([C@@H]2O[C@H](COP(=O)(O)OP(=O)(O)OC(CO)CO)[C@@H](O)[C@H]2O)c(=O)[nH]1. The minimum atomic E-state index is -5.29. The van der Waals surface area contributed by atoms with Crippen LogP contribution in [0.15, 0.2) is 21.9 Å². The van der Waals surface area contributed by atoms with Crippen molar-refractivity contribution in [2.45, 2.75) is 51.4 Å². The van der Waals surface area contributed by atoms with Gasteiger partial charge in [-0.3, -0.25) is 23.4 Å². The topological polar surface area (TPSA) is 251 Å². The van der Waals surface area contributed by atoms with Crippen LogP contribution in [0.25, 0.3) is 0 Å². The number of phosphoric ester groups is 2. The first-order valence-electron chi connectivity index (χ1n) is 11.2. The lowest BCUT2D eigenvalue weighted by Gasteiger charge is -2.21. The van der Waals surface area contributed by atoms with Crippen molar-refractivity contribution < 1.29 is 57.4 Å². The molecule has 0 bridgehead atoms. The number of aliphatic hydroxyl groups is 4. The maximum absolute atomic E-state index is 11.9. The third-order valence-corrected chi connectivity index (χ3v) is 7.79. The number of rotatable bonds is 13. The first kappa shape index (κ1) is 33.7. The van der Waals surface area contributed by atoms with E-state index >= 15 is 0 Å². The molecule has 6 atom stereocenters. The van der Waals surface area contributed by atoms with Crippen molar-refractivity contribution in [3.05, 3.63) is 33.1 Å². The zero-order valence-corrected chi connectivity index (χ0v) is 22.3. The molecule has 19 heteroatoms. The molecule has 37 heavy (non-hydrogen) atoms. The number of hydrogen-bond acceptors (Lipinski definition) is 13. The van der Waals surface area contributed by atoms with E-state index in [4.69, 9.17) is 14.9 Å². The Hall–Kier alpha value is -1.30. The number of aromatic amines is 1. The third-order valence-electron chi connectivity index (χ3n) is 5.10. The molecule has 2 heterocycles. The van der Waals surface area contributed by atoms with Crippen molar-refractivity contribution in [1.82, 2.24) is 14.5 Å². The number of aliphatic hydroxyl groups excluding tert-OH is 4. The highest BCUT2D eigenvalue weighted by Crippen LogP contribution is 2.61. The summed E-state index contributed by atoms with van der Waals surface area (Å²) in [7, 11) is -10.5. The fraction of sp³-hybridized carbons (Fsp3) is 0.778. The molecule has 2 rings (SSSR count). The standard InChI is InChI=1S/C12H20N2O14P2.C6H15N/c15-3-6(4-16)27-30(23,24)28-29(21,22)25-5-7-9(18)10(19)11(26-7)14-2-1-8(17)13-12(14)20;1-4-7(5-2)6-3/h1-2,6-7,9-11,15-16,18-19H,3-5H2,(H,21,22)(H,23,24)(H,13,17,20);4-6H2,1-3H3/t7-,9-,10-,11-;/m1./s1. The second kappa shape index (κ2) is 15.3. The summed E-state index contributed by atoms with van der Waals surface area (Å²) in [5, 5.41) is 37.6. The van der Waals surface area contributed by atoms with Gasteiger partial charge in [-0.15, -0.1) is 0 Å². The highest BCUT2D eigenvalue weighted by atomic mass is 31.3. The van der Waals surface area contributed by atoms with E-state index in [0.29, 0.717) is 0 Å². The minimum Gasteiger partial charge on any atom is -0.394 e. The maximum Gasteiger partial charge on any atom is 0.481 e. The fourth-order valence-electron chi connectivity index (χ4n) is 3.05. The molecule has 0 aliphatic carbocycles. The monoisotopic (exact) mass is 579 g/mol. The van der Waals surface area contributed by atoms with Gasteiger partial charge in [0.15, 0.2) is 6.23 Å². The average Bonchev–Trinajstić information content (AvgIpc) is 3.10. The normalized spacial score (nSPS) is 24.9. The van der Waals surface area contributed by atoms with E-state index in [1.54, 1.807) is 0 Å². The van der Waals surface area contributed by atoms with Crippen LogP contribution in [0.4, 0.5) is 0 Å². The Balaban J connectivity index is 0.000000856. The number of phosphoric acid groups is 2. The second-order valence-electron chi connectivity index (χ2n) is 7.59. The molecule has 7 N–H and O–H groups in total. The molecule has 216 valence electrons. The van der Waals surface area contributed by atoms with E-state index in [-0.39, 0.29) is 0 Å². The van der Waals surface area contributed by atoms with Gasteiger partial charge in [0, 0.05) is 12.3 Å². The Morgan fingerprint density at radius 2 is 1.62 bits per heavy atom. The molecule has 17 nitrogen and oxygen atoms in total. The van der Waals surface area contributed by atoms with Gasteiger partial charge in [0.05, 0.1) is 19.8 Å². The van der Waals surface area contributed by atoms with Crippen molar-refractivity contribution in [2.75, 3.05) is 39.5 Å². The molecule has 0 aromatic carbocycles. The molecule has 2 unspecified atom stereocenters. The molecule has 1 saturated heterocycles. The van der Waals surface area contributed by atoms with Crippen molar-refractivity contribution in [3.63, 3.8) is 0 Å². The fourth-order valence-corrected chi connectivity index (χ4v) is 5.28. The van der Waals surface area contributed by atoms with Gasteiger partial charge in [0.1, 0.15) is 24.4 Å². The van der Waals surface area contributed by atoms with E-state index < -0.39 is 77.4 Å². The highest BCUT2D eigenvalue weighted by Gasteiger charge is 2.46. The van der Waals surface area contributed by atoms with E-state index in [1.807, 2.05) is 4.98 Å². The molecular weight excluding hydrogens is 544 g/mol. The zero-order chi connectivity index (χ0) is 28.4. The summed E-state index contributed by atoms with van der Waals surface area (Å²) in [5.41, 5.74) is -1.68. The lowest BCUT2D eigenvalue weighted by molar-refractivity contribution is -0.0545. The largest absolute Gasteiger partial charge is 0.481 e. The predicted octanol–water partition coefficient (Wildman–Crippen LogP) is -1.89. The van der Waals surface area contributed by atoms with E-state index in [2.05, 4.69) is 39.0 Å². The summed E-state index contributed by atoms with van der Waals surface area (Å²) in [6, 6.07) is 0.953. The summed E-state index contributed by atoms with van der Waals surface area (Å²) >= 11 is 0. The van der Waals surface area contributed by atoms with E-state index in [1.165, 1.54) is 19.6 Å². The molecule has 1 aromatic heterocycles. The van der Waals surface area contributed by atoms with Gasteiger partial charge in [-0.05, 0) is 19.6 Å². The van der Waals surface area contributed by atoms with Crippen LogP contribution in [0.3, 0.4) is 0 Å². The summed E-state index contributed by atoms with van der Waals surface area (Å²) in [5.74, 6) is 0. The van der Waals surface area contributed by atoms with Crippen LogP contribution in [-0.2, 0) is 27.2 Å². The van der Waals surface area contributed by atoms with Gasteiger partial charge in [0.25, 0.3) is 5.56 Å². The molecule has 0 radical (unpaired) electrons. The van der Waals surface area contributed by atoms with Gasteiger partial charge < -0.3 is 39.8 Å². The molecule has 1 aromatic rings. The number of hydrogen-bond donors (Lipinski definition) is 7. The Bertz CT molecular complexity index is 1020. The summed E-state index contributed by atoms with van der Waals surface area (Å²) in [4.78, 5) is 46.1. The van der Waals surface area contributed by atoms with Gasteiger partial charge in [-0.1, -0.05) is 20.8 Å². The average molecular weight is 579 g/mol. The molecule has 1 aliphatic heterocycles. The molecule has 0 saturated carbocycles. The third kappa shape index (κ3) is 10.8. The van der Waals surface area contributed by atoms with Crippen molar-refractivity contribution in [1.29, 1.82) is 0 Å². The zero-order valence-electron chi connectivity index (χ0n) is 20.5. The van der Waals surface area contributed by atoms with Crippen LogP contribution >= 0.6 is 15.6 Å². The van der Waals surface area contributed by atoms with Gasteiger partial charge in [-0.2, -0.15) is 4.31 Å². The van der Waals surface area contributed by atoms with Crippen LogP contribution in [0.2, 0.25) is 0 Å². The van der Waals surface area contributed by atoms with Gasteiger partial charge in [-0.25, -0.2) is 13.9 Å². The highest BCUT2D eigenvalue weighted by molar-refractivity contribution is 7.61. The predicted molar refractivity (Wildman–Crippen MR) is 126 cm³/mol. The van der Waals surface area contributed by atoms with Crippen LogP contribution in [0.1, 0.15) is 27.0 Å². The Kier molecular flexibility index (Phi) is 14.0. The number of nitrogens with zero attached hydrogens (tertiary/aromatic N) is 2. The van der Waals surface area contributed by atoms with Gasteiger partial charge in [0.2, 0.25) is 0 Å². The maximum atomic E-state index is 11.9. The number of aromatic nitrogens is 2. The second-order valence-corrected chi connectivity index (χ2v) is 10.6. The van der Waals surface area contributed by atoms with Crippen LogP contribution in [0, 0.1) is 0 Å². The molecular formula is C18H35N3O14P2. The first-order chi connectivity index (χ1) is 17.2. The van der Waals surface area contributed by atoms with Crippen molar-refractivity contribution in [2.24, 2.45) is 0 Å². The minimum absolute atomic E-state index is 0.720. The van der Waals surface area contributed by atoms with Crippen LogP contribution < -0.4 is 11.2 Å². The van der Waals surface area contributed by atoms with Crippen LogP contribution in [0.5, 0.6) is 0 Å². The number of nitrogens with one attached hydrogen (secondary N) is 1. The lowest BCUT2D eigenvalue weighted by Crippen LogP contribution is -2.37. The quantitative estimate of drug-likeness (QED) is 0.126. The van der Waals surface area contributed by atoms with E-state index in [9.17, 15) is 38.7 Å². The number of ether oxygens (including phenoxy) is 1. The summed E-state index contributed by atoms with van der Waals surface area (Å²) < 4.78 is 42.2. The lowest BCUT2D eigenvalue weighted by atomic mass is 10.1. The van der Waals surface area contributed by atoms with Crippen LogP contribution in [-0.4, -0.2) is 109 Å². The Morgan fingerprint density at radius 1 is 1.05 bits per heavy atom. The summed E-state index contributed by atoms with van der Waals surface area (Å²) in [6.45, 7) is 7.39. The smallest absolute Gasteiger partial charge is 0.394 e. The van der Waals surface area contributed by atoms with Crippen molar-refractivity contribution in [3.8, 4) is 0 Å². The number of H-pyrrole nitrogens is 1. The Morgan fingerprint density at radius 3 is 2.08 bits per heavy atom. The van der Waals surface area contributed by atoms with Gasteiger partial charge >= 0.3 is 21.3 Å². The first-order valence-corrected chi connectivity index (χ1v) is 14.2. The van der Waals surface area contributed by atoms with Crippen molar-refractivity contribution >= 4 is 15.6 Å². The molecule has 1 fully saturated rings. The molecule has 0 amide bonds. The molecule has 0 spiro atoms. The molecule has 1 aliphatic rings. The Labute approximate surface area is 212 Å². The van der Waals surface area contributed by atoms with E-state index in [0.717, 1.165) is 16.8 Å².